The number of hydrogen-bond acceptors (Lipinski definition) is 7. The second-order valence-electron chi connectivity index (χ2n) is 21.6. The fourth-order valence-corrected chi connectivity index (χ4v) is 9.99. The summed E-state index contributed by atoms with van der Waals surface area (Å²) in [5.74, 6) is 3.32. The van der Waals surface area contributed by atoms with Gasteiger partial charge in [0.25, 0.3) is 0 Å². The summed E-state index contributed by atoms with van der Waals surface area (Å²) in [5.41, 5.74) is 13.2. The van der Waals surface area contributed by atoms with E-state index in [-0.39, 0.29) is 0 Å². The zero-order chi connectivity index (χ0) is 58.2. The van der Waals surface area contributed by atoms with Crippen molar-refractivity contribution >= 4 is 48.6 Å². The molecule has 0 amide bonds. The molecule has 0 saturated carbocycles. The standard InChI is InChI=1S/C77H87N3O4/c1-5-9-13-27-49-81-73-58-66(75(83-51-29-15-11-7-3)56-64(73)41-37-60-31-19-17-20-32-60)43-39-62-53-63(55-68(54-62)69-45-46-71(70-35-23-25-47-78-70)80-77(69)72-36-24-26-48-79-72)40-44-67-59-74(82-50-28-14-10-6-2)65(42-38-61-33-21-18-22-34-61)57-76(67)84-52-30-16-12-8-4/h17-26,31-48,53-59H,5-16,27-30,49-52H2,1-4H3/b41-37+,42-38+,43-39+,44-40+. The maximum Gasteiger partial charge on any atom is 0.127 e. The lowest BCUT2D eigenvalue weighted by Gasteiger charge is -2.16. The Balaban J connectivity index is 1.26. The molecule has 0 N–H and O–H groups in total. The summed E-state index contributed by atoms with van der Waals surface area (Å²) in [6, 6.07) is 52.4. The van der Waals surface area contributed by atoms with Gasteiger partial charge in [0.1, 0.15) is 23.0 Å². The molecule has 5 aromatic carbocycles. The maximum absolute atomic E-state index is 6.75. The topological polar surface area (TPSA) is 75.6 Å². The van der Waals surface area contributed by atoms with E-state index in [4.69, 9.17) is 28.9 Å². The van der Waals surface area contributed by atoms with Gasteiger partial charge in [-0.15, -0.1) is 0 Å². The summed E-state index contributed by atoms with van der Waals surface area (Å²) < 4.78 is 26.9. The van der Waals surface area contributed by atoms with Crippen LogP contribution >= 0.6 is 0 Å². The summed E-state index contributed by atoms with van der Waals surface area (Å²) in [5, 5.41) is 0. The van der Waals surface area contributed by atoms with Crippen LogP contribution in [0.1, 0.15) is 175 Å². The minimum Gasteiger partial charge on any atom is -0.493 e. The van der Waals surface area contributed by atoms with Crippen LogP contribution in [0.4, 0.5) is 0 Å². The summed E-state index contributed by atoms with van der Waals surface area (Å²) in [7, 11) is 0. The average Bonchev–Trinajstić information content (AvgIpc) is 3.48. The Morgan fingerprint density at radius 1 is 0.310 bits per heavy atom. The summed E-state index contributed by atoms with van der Waals surface area (Å²) >= 11 is 0. The second-order valence-corrected chi connectivity index (χ2v) is 21.6. The van der Waals surface area contributed by atoms with E-state index in [0.29, 0.717) is 26.4 Å². The number of pyridine rings is 3. The SMILES string of the molecule is CCCCCCOc1cc(/C=C/c2cc(/C=C/c3cc(OCCCCCC)c(/C=C/c4ccccc4)cc3OCCCCCC)cc(-c3ccc(-c4ccccn4)nc3-c3ccccn3)c2)c(OCCCCCC)cc1/C=C/c1ccccc1. The van der Waals surface area contributed by atoms with Crippen LogP contribution in [0.25, 0.3) is 82.5 Å². The van der Waals surface area contributed by atoms with Crippen LogP contribution in [0.5, 0.6) is 23.0 Å². The van der Waals surface area contributed by atoms with Crippen molar-refractivity contribution < 1.29 is 18.9 Å². The van der Waals surface area contributed by atoms with Gasteiger partial charge in [-0.05, 0) is 132 Å². The highest BCUT2D eigenvalue weighted by atomic mass is 16.5. The Morgan fingerprint density at radius 2 is 0.679 bits per heavy atom. The Morgan fingerprint density at radius 3 is 1.05 bits per heavy atom. The molecule has 0 atom stereocenters. The number of ether oxygens (including phenoxy) is 4. The Labute approximate surface area is 502 Å². The summed E-state index contributed by atoms with van der Waals surface area (Å²) in [4.78, 5) is 14.8. The van der Waals surface area contributed by atoms with Crippen molar-refractivity contribution in [2.75, 3.05) is 26.4 Å². The van der Waals surface area contributed by atoms with Gasteiger partial charge in [-0.1, -0.05) is 226 Å². The zero-order valence-electron chi connectivity index (χ0n) is 50.3. The molecule has 7 nitrogen and oxygen atoms in total. The van der Waals surface area contributed by atoms with Crippen LogP contribution in [0, 0.1) is 0 Å². The van der Waals surface area contributed by atoms with Gasteiger partial charge in [0.15, 0.2) is 0 Å². The van der Waals surface area contributed by atoms with E-state index in [1.807, 2.05) is 54.7 Å². The van der Waals surface area contributed by atoms with Gasteiger partial charge in [0.05, 0.1) is 49.2 Å². The van der Waals surface area contributed by atoms with Gasteiger partial charge in [-0.2, -0.15) is 0 Å². The monoisotopic (exact) mass is 1120 g/mol. The van der Waals surface area contributed by atoms with E-state index in [9.17, 15) is 0 Å². The number of unbranched alkanes of at least 4 members (excludes halogenated alkanes) is 12. The zero-order valence-corrected chi connectivity index (χ0v) is 50.3. The van der Waals surface area contributed by atoms with E-state index in [1.165, 1.54) is 51.4 Å². The minimum absolute atomic E-state index is 0.627. The third kappa shape index (κ3) is 19.7. The van der Waals surface area contributed by atoms with Crippen molar-refractivity contribution in [3.8, 4) is 56.9 Å². The van der Waals surface area contributed by atoms with Crippen molar-refractivity contribution in [2.45, 2.75) is 130 Å². The smallest absolute Gasteiger partial charge is 0.127 e. The molecule has 0 saturated heterocycles. The first-order valence-electron chi connectivity index (χ1n) is 31.2. The van der Waals surface area contributed by atoms with Gasteiger partial charge in [-0.25, -0.2) is 4.98 Å². The van der Waals surface area contributed by atoms with E-state index in [0.717, 1.165) is 153 Å². The van der Waals surface area contributed by atoms with Gasteiger partial charge in [0, 0.05) is 40.2 Å². The molecule has 0 spiro atoms. The summed E-state index contributed by atoms with van der Waals surface area (Å²) in [6.07, 6.45) is 38.9. The van der Waals surface area contributed by atoms with Gasteiger partial charge in [0.2, 0.25) is 0 Å². The predicted octanol–water partition coefficient (Wildman–Crippen LogP) is 21.4. The lowest BCUT2D eigenvalue weighted by molar-refractivity contribution is 0.296. The molecule has 8 rings (SSSR count). The minimum atomic E-state index is 0.627. The highest BCUT2D eigenvalue weighted by Gasteiger charge is 2.17. The van der Waals surface area contributed by atoms with Crippen molar-refractivity contribution in [2.24, 2.45) is 0 Å². The molecule has 0 bridgehead atoms. The van der Waals surface area contributed by atoms with Crippen LogP contribution in [0.15, 0.2) is 164 Å². The Hall–Kier alpha value is -8.29. The molecule has 0 radical (unpaired) electrons. The van der Waals surface area contributed by atoms with Crippen molar-refractivity contribution in [3.05, 3.63) is 209 Å². The van der Waals surface area contributed by atoms with Crippen molar-refractivity contribution in [3.63, 3.8) is 0 Å². The number of rotatable bonds is 35. The first-order valence-corrected chi connectivity index (χ1v) is 31.2. The van der Waals surface area contributed by atoms with E-state index < -0.39 is 0 Å². The normalized spacial score (nSPS) is 11.6. The highest BCUT2D eigenvalue weighted by Crippen LogP contribution is 2.38. The quantitative estimate of drug-likeness (QED) is 0.0289. The molecule has 8 aromatic rings. The fourth-order valence-electron chi connectivity index (χ4n) is 9.99. The van der Waals surface area contributed by atoms with Crippen LogP contribution in [-0.2, 0) is 0 Å². The maximum atomic E-state index is 6.75. The Bertz CT molecular complexity index is 3180. The first kappa shape index (κ1) is 61.8. The number of nitrogens with zero attached hydrogens (tertiary/aromatic N) is 3. The molecule has 7 heteroatoms. The van der Waals surface area contributed by atoms with Crippen LogP contribution in [0.3, 0.4) is 0 Å². The average molecular weight is 1120 g/mol. The van der Waals surface area contributed by atoms with Crippen LogP contribution < -0.4 is 18.9 Å². The molecule has 0 fully saturated rings. The number of benzene rings is 5. The third-order valence-corrected chi connectivity index (χ3v) is 14.7. The molecular formula is C77H87N3O4. The fraction of sp³-hybridized carbons (Fsp3) is 0.312. The van der Waals surface area contributed by atoms with E-state index in [2.05, 4.69) is 184 Å². The Kier molecular flexibility index (Phi) is 25.7. The lowest BCUT2D eigenvalue weighted by Crippen LogP contribution is -2.03. The molecule has 84 heavy (non-hydrogen) atoms. The van der Waals surface area contributed by atoms with E-state index in [1.54, 1.807) is 6.20 Å². The molecule has 0 aliphatic carbocycles. The number of hydrogen-bond donors (Lipinski definition) is 0. The van der Waals surface area contributed by atoms with Crippen molar-refractivity contribution in [1.82, 2.24) is 15.0 Å². The predicted molar refractivity (Wildman–Crippen MR) is 356 cm³/mol. The van der Waals surface area contributed by atoms with Crippen LogP contribution in [-0.4, -0.2) is 41.4 Å². The van der Waals surface area contributed by atoms with Crippen molar-refractivity contribution in [1.29, 1.82) is 0 Å². The molecule has 0 aliphatic rings. The van der Waals surface area contributed by atoms with Crippen LogP contribution in [0.2, 0.25) is 0 Å². The number of aromatic nitrogens is 3. The molecule has 0 aliphatic heterocycles. The van der Waals surface area contributed by atoms with Gasteiger partial charge < -0.3 is 18.9 Å². The lowest BCUT2D eigenvalue weighted by atomic mass is 9.95. The highest BCUT2D eigenvalue weighted by molar-refractivity contribution is 5.87. The third-order valence-electron chi connectivity index (χ3n) is 14.7. The largest absolute Gasteiger partial charge is 0.493 e. The second kappa shape index (κ2) is 35.0. The molecule has 3 heterocycles. The van der Waals surface area contributed by atoms with Gasteiger partial charge >= 0.3 is 0 Å². The first-order chi connectivity index (χ1) is 41.5. The molecule has 3 aromatic heterocycles. The molecule has 0 unspecified atom stereocenters. The molecule has 434 valence electrons. The van der Waals surface area contributed by atoms with E-state index >= 15 is 0 Å². The summed E-state index contributed by atoms with van der Waals surface area (Å²) in [6.45, 7) is 11.5. The van der Waals surface area contributed by atoms with Gasteiger partial charge in [-0.3, -0.25) is 9.97 Å². The molecular weight excluding hydrogens is 1030 g/mol.